The van der Waals surface area contributed by atoms with Crippen molar-refractivity contribution in [3.05, 3.63) is 35.7 Å². The van der Waals surface area contributed by atoms with E-state index in [0.717, 1.165) is 17.1 Å². The molecule has 1 aromatic carbocycles. The second-order valence-electron chi connectivity index (χ2n) is 4.62. The van der Waals surface area contributed by atoms with Gasteiger partial charge in [-0.2, -0.15) is 0 Å². The molecule has 4 heteroatoms. The van der Waals surface area contributed by atoms with Crippen molar-refractivity contribution in [2.24, 2.45) is 5.73 Å². The highest BCUT2D eigenvalue weighted by Crippen LogP contribution is 2.27. The minimum Gasteiger partial charge on any atom is -0.328 e. The van der Waals surface area contributed by atoms with Crippen LogP contribution in [0.3, 0.4) is 0 Å². The molecule has 0 spiro atoms. The third-order valence-corrected chi connectivity index (χ3v) is 3.85. The third-order valence-electron chi connectivity index (χ3n) is 2.84. The summed E-state index contributed by atoms with van der Waals surface area (Å²) in [6, 6.07) is 6.76. The Morgan fingerprint density at radius 1 is 1.47 bits per heavy atom. The van der Waals surface area contributed by atoms with Crippen molar-refractivity contribution < 1.29 is 0 Å². The van der Waals surface area contributed by atoms with Crippen LogP contribution in [0.2, 0.25) is 0 Å². The van der Waals surface area contributed by atoms with E-state index in [-0.39, 0.29) is 6.04 Å². The number of benzene rings is 1. The van der Waals surface area contributed by atoms with Crippen molar-refractivity contribution in [1.29, 1.82) is 0 Å². The molecule has 2 aromatic heterocycles. The van der Waals surface area contributed by atoms with E-state index in [4.69, 9.17) is 5.73 Å². The van der Waals surface area contributed by atoms with Crippen LogP contribution in [-0.4, -0.2) is 15.4 Å². The molecule has 88 valence electrons. The molecule has 1 atom stereocenters. The van der Waals surface area contributed by atoms with E-state index < -0.39 is 0 Å². The summed E-state index contributed by atoms with van der Waals surface area (Å²) < 4.78 is 3.44. The lowest BCUT2D eigenvalue weighted by molar-refractivity contribution is 0.739. The van der Waals surface area contributed by atoms with Crippen LogP contribution in [0.25, 0.3) is 15.2 Å². The Morgan fingerprint density at radius 3 is 3.06 bits per heavy atom. The average molecular weight is 245 g/mol. The van der Waals surface area contributed by atoms with Crippen molar-refractivity contribution in [3.63, 3.8) is 0 Å². The molecule has 17 heavy (non-hydrogen) atoms. The summed E-state index contributed by atoms with van der Waals surface area (Å²) in [5.41, 5.74) is 9.43. The van der Waals surface area contributed by atoms with Crippen molar-refractivity contribution in [1.82, 2.24) is 9.38 Å². The third kappa shape index (κ3) is 1.83. The van der Waals surface area contributed by atoms with E-state index in [1.54, 1.807) is 11.3 Å². The topological polar surface area (TPSA) is 43.3 Å². The number of hydrogen-bond acceptors (Lipinski definition) is 3. The molecular weight excluding hydrogens is 230 g/mol. The van der Waals surface area contributed by atoms with Gasteiger partial charge in [-0.25, -0.2) is 4.98 Å². The van der Waals surface area contributed by atoms with Crippen LogP contribution in [0.15, 0.2) is 24.4 Å². The molecule has 0 radical (unpaired) electrons. The number of rotatable bonds is 2. The fourth-order valence-electron chi connectivity index (χ4n) is 2.16. The summed E-state index contributed by atoms with van der Waals surface area (Å²) in [6.45, 7) is 4.06. The van der Waals surface area contributed by atoms with E-state index in [2.05, 4.69) is 33.8 Å². The lowest BCUT2D eigenvalue weighted by atomic mass is 10.1. The quantitative estimate of drug-likeness (QED) is 0.754. The van der Waals surface area contributed by atoms with Gasteiger partial charge in [0.05, 0.1) is 15.9 Å². The average Bonchev–Trinajstić information content (AvgIpc) is 2.71. The van der Waals surface area contributed by atoms with Crippen molar-refractivity contribution >= 4 is 26.5 Å². The largest absolute Gasteiger partial charge is 0.328 e. The highest BCUT2D eigenvalue weighted by molar-refractivity contribution is 7.23. The number of hydrogen-bond donors (Lipinski definition) is 1. The van der Waals surface area contributed by atoms with Crippen molar-refractivity contribution in [2.45, 2.75) is 26.3 Å². The van der Waals surface area contributed by atoms with Gasteiger partial charge < -0.3 is 5.73 Å². The summed E-state index contributed by atoms with van der Waals surface area (Å²) >= 11 is 1.73. The maximum Gasteiger partial charge on any atom is 0.194 e. The number of imidazole rings is 1. The zero-order chi connectivity index (χ0) is 12.0. The molecule has 3 aromatic rings. The first-order valence-corrected chi connectivity index (χ1v) is 6.58. The minimum atomic E-state index is 0.207. The van der Waals surface area contributed by atoms with Crippen LogP contribution in [0, 0.1) is 6.92 Å². The lowest BCUT2D eigenvalue weighted by Gasteiger charge is -2.04. The van der Waals surface area contributed by atoms with E-state index in [9.17, 15) is 0 Å². The highest BCUT2D eigenvalue weighted by Gasteiger charge is 2.08. The van der Waals surface area contributed by atoms with Gasteiger partial charge in [-0.1, -0.05) is 17.4 Å². The zero-order valence-electron chi connectivity index (χ0n) is 9.97. The fraction of sp³-hybridized carbons (Fsp3) is 0.308. The summed E-state index contributed by atoms with van der Waals surface area (Å²) in [6.07, 6.45) is 3.01. The Kier molecular flexibility index (Phi) is 2.42. The van der Waals surface area contributed by atoms with Crippen molar-refractivity contribution in [2.75, 3.05) is 0 Å². The molecule has 0 saturated heterocycles. The molecule has 2 N–H and O–H groups in total. The van der Waals surface area contributed by atoms with Gasteiger partial charge in [-0.3, -0.25) is 4.40 Å². The Morgan fingerprint density at radius 2 is 2.29 bits per heavy atom. The molecule has 0 aliphatic rings. The second-order valence-corrected chi connectivity index (χ2v) is 5.63. The number of aryl methyl sites for hydroxylation is 1. The Hall–Kier alpha value is -1.39. The maximum absolute atomic E-state index is 5.83. The number of thiazole rings is 1. The Labute approximate surface area is 104 Å². The molecule has 3 rings (SSSR count). The first kappa shape index (κ1) is 10.7. The molecule has 0 aliphatic carbocycles. The first-order chi connectivity index (χ1) is 8.13. The normalized spacial score (nSPS) is 13.6. The Balaban J connectivity index is 2.17. The van der Waals surface area contributed by atoms with Gasteiger partial charge in [-0.05, 0) is 38.0 Å². The van der Waals surface area contributed by atoms with Crippen LogP contribution in [0.1, 0.15) is 18.2 Å². The maximum atomic E-state index is 5.83. The zero-order valence-corrected chi connectivity index (χ0v) is 10.8. The second kappa shape index (κ2) is 3.82. The summed E-state index contributed by atoms with van der Waals surface area (Å²) in [5, 5.41) is 0. The van der Waals surface area contributed by atoms with E-state index >= 15 is 0 Å². The molecule has 0 saturated carbocycles. The van der Waals surface area contributed by atoms with Gasteiger partial charge in [0.15, 0.2) is 4.96 Å². The van der Waals surface area contributed by atoms with Gasteiger partial charge in [0.25, 0.3) is 0 Å². The monoisotopic (exact) mass is 245 g/mol. The van der Waals surface area contributed by atoms with Crippen LogP contribution >= 0.6 is 11.3 Å². The highest BCUT2D eigenvalue weighted by atomic mass is 32.1. The molecule has 2 heterocycles. The minimum absolute atomic E-state index is 0.207. The Bertz CT molecular complexity index is 678. The number of nitrogens with two attached hydrogens (primary N) is 1. The van der Waals surface area contributed by atoms with Gasteiger partial charge in [0.2, 0.25) is 0 Å². The summed E-state index contributed by atoms with van der Waals surface area (Å²) in [7, 11) is 0. The van der Waals surface area contributed by atoms with E-state index in [0.29, 0.717) is 0 Å². The van der Waals surface area contributed by atoms with Crippen molar-refractivity contribution in [3.8, 4) is 0 Å². The van der Waals surface area contributed by atoms with E-state index in [1.165, 1.54) is 15.8 Å². The number of fused-ring (bicyclic) bond motifs is 3. The van der Waals surface area contributed by atoms with Crippen LogP contribution < -0.4 is 5.73 Å². The molecule has 3 nitrogen and oxygen atoms in total. The predicted molar refractivity (Wildman–Crippen MR) is 72.7 cm³/mol. The summed E-state index contributed by atoms with van der Waals surface area (Å²) in [4.78, 5) is 5.56. The lowest BCUT2D eigenvalue weighted by Crippen LogP contribution is -2.17. The van der Waals surface area contributed by atoms with Gasteiger partial charge in [0.1, 0.15) is 0 Å². The smallest absolute Gasteiger partial charge is 0.194 e. The van der Waals surface area contributed by atoms with Crippen LogP contribution in [-0.2, 0) is 6.42 Å². The van der Waals surface area contributed by atoms with Gasteiger partial charge >= 0.3 is 0 Å². The molecular formula is C13H15N3S. The SMILES string of the molecule is Cc1cn2c(n1)sc1cc(CC(C)N)ccc12. The van der Waals surface area contributed by atoms with Gasteiger partial charge in [0, 0.05) is 12.2 Å². The number of nitrogens with zero attached hydrogens (tertiary/aromatic N) is 2. The summed E-state index contributed by atoms with van der Waals surface area (Å²) in [5.74, 6) is 0. The fourth-order valence-corrected chi connectivity index (χ4v) is 3.27. The first-order valence-electron chi connectivity index (χ1n) is 5.76. The molecule has 0 fully saturated rings. The molecule has 0 amide bonds. The number of aromatic nitrogens is 2. The molecule has 0 bridgehead atoms. The standard InChI is InChI=1S/C13H15N3S/c1-8(14)5-10-3-4-11-12(6-10)17-13-15-9(2)7-16(11)13/h3-4,6-8H,5,14H2,1-2H3. The van der Waals surface area contributed by atoms with Crippen LogP contribution in [0.4, 0.5) is 0 Å². The molecule has 0 aliphatic heterocycles. The van der Waals surface area contributed by atoms with Crippen LogP contribution in [0.5, 0.6) is 0 Å². The van der Waals surface area contributed by atoms with Gasteiger partial charge in [-0.15, -0.1) is 0 Å². The molecule has 1 unspecified atom stereocenters. The van der Waals surface area contributed by atoms with E-state index in [1.807, 2.05) is 13.8 Å². The predicted octanol–water partition coefficient (Wildman–Crippen LogP) is 2.75.